The summed E-state index contributed by atoms with van der Waals surface area (Å²) in [6.45, 7) is 1.34. The molecular formula is C23H21N3O5. The molecule has 2 aliphatic heterocycles. The molecule has 1 fully saturated rings. The summed E-state index contributed by atoms with van der Waals surface area (Å²) >= 11 is 0. The summed E-state index contributed by atoms with van der Waals surface area (Å²) in [4.78, 5) is 18.7. The van der Waals surface area contributed by atoms with Gasteiger partial charge >= 0.3 is 0 Å². The van der Waals surface area contributed by atoms with Crippen LogP contribution in [0.1, 0.15) is 28.8 Å². The first-order valence-corrected chi connectivity index (χ1v) is 10.0. The second kappa shape index (κ2) is 8.14. The Morgan fingerprint density at radius 1 is 1.19 bits per heavy atom. The molecule has 5 rings (SSSR count). The van der Waals surface area contributed by atoms with Crippen LogP contribution in [0.2, 0.25) is 0 Å². The number of hydrogen-bond donors (Lipinski definition) is 0. The number of amides is 1. The molecule has 8 nitrogen and oxygen atoms in total. The van der Waals surface area contributed by atoms with Crippen LogP contribution < -0.4 is 14.2 Å². The SMILES string of the molecule is COc1ccccc1Cc1noc(C2CN(C(=O)/C=C/c3ccc4c(c3)OCO4)C2)n1. The Morgan fingerprint density at radius 2 is 2.03 bits per heavy atom. The Bertz CT molecular complexity index is 1130. The van der Waals surface area contributed by atoms with Gasteiger partial charge in [0.15, 0.2) is 17.3 Å². The Kier molecular flexibility index (Phi) is 5.03. The predicted octanol–water partition coefficient (Wildman–Crippen LogP) is 3.04. The van der Waals surface area contributed by atoms with E-state index in [4.69, 9.17) is 18.7 Å². The molecule has 8 heteroatoms. The van der Waals surface area contributed by atoms with Gasteiger partial charge in [-0.05, 0) is 29.8 Å². The number of ether oxygens (including phenoxy) is 3. The number of fused-ring (bicyclic) bond motifs is 1. The molecule has 158 valence electrons. The number of aromatic nitrogens is 2. The standard InChI is InChI=1S/C23H21N3O5/c1-28-18-5-3-2-4-16(18)11-21-24-23(31-25-21)17-12-26(13-17)22(27)9-7-15-6-8-19-20(10-15)30-14-29-19/h2-10,17H,11-14H2,1H3/b9-7+. The molecule has 1 saturated heterocycles. The van der Waals surface area contributed by atoms with Crippen LogP contribution in [0.25, 0.3) is 6.08 Å². The lowest BCUT2D eigenvalue weighted by Crippen LogP contribution is -2.47. The van der Waals surface area contributed by atoms with Crippen LogP contribution in [-0.2, 0) is 11.2 Å². The second-order valence-corrected chi connectivity index (χ2v) is 7.42. The minimum atomic E-state index is -0.0531. The second-order valence-electron chi connectivity index (χ2n) is 7.42. The zero-order chi connectivity index (χ0) is 21.2. The van der Waals surface area contributed by atoms with E-state index in [1.807, 2.05) is 42.5 Å². The molecule has 0 unspecified atom stereocenters. The third kappa shape index (κ3) is 3.96. The highest BCUT2D eigenvalue weighted by atomic mass is 16.7. The molecule has 0 spiro atoms. The third-order valence-electron chi connectivity index (χ3n) is 5.38. The molecule has 2 aliphatic rings. The van der Waals surface area contributed by atoms with Gasteiger partial charge in [-0.15, -0.1) is 0 Å². The van der Waals surface area contributed by atoms with Gasteiger partial charge in [0, 0.05) is 31.1 Å². The lowest BCUT2D eigenvalue weighted by Gasteiger charge is -2.36. The maximum atomic E-state index is 12.4. The quantitative estimate of drug-likeness (QED) is 0.568. The number of carbonyl (C=O) groups excluding carboxylic acids is 1. The van der Waals surface area contributed by atoms with Crippen LogP contribution in [-0.4, -0.2) is 47.9 Å². The van der Waals surface area contributed by atoms with E-state index in [1.165, 1.54) is 0 Å². The van der Waals surface area contributed by atoms with Crippen LogP contribution >= 0.6 is 0 Å². The first kappa shape index (κ1) is 19.2. The molecule has 0 N–H and O–H groups in total. The van der Waals surface area contributed by atoms with Gasteiger partial charge in [0.05, 0.1) is 13.0 Å². The largest absolute Gasteiger partial charge is 0.496 e. The summed E-state index contributed by atoms with van der Waals surface area (Å²) in [5.74, 6) is 3.38. The minimum absolute atomic E-state index is 0.0531. The predicted molar refractivity (Wildman–Crippen MR) is 111 cm³/mol. The van der Waals surface area contributed by atoms with Crippen molar-refractivity contribution in [2.45, 2.75) is 12.3 Å². The van der Waals surface area contributed by atoms with Crippen molar-refractivity contribution >= 4 is 12.0 Å². The van der Waals surface area contributed by atoms with Crippen molar-refractivity contribution in [3.63, 3.8) is 0 Å². The molecule has 3 aromatic rings. The van der Waals surface area contributed by atoms with Crippen molar-refractivity contribution < 1.29 is 23.5 Å². The summed E-state index contributed by atoms with van der Waals surface area (Å²) in [6.07, 6.45) is 3.87. The third-order valence-corrected chi connectivity index (χ3v) is 5.38. The lowest BCUT2D eigenvalue weighted by atomic mass is 10.00. The van der Waals surface area contributed by atoms with Crippen molar-refractivity contribution in [2.75, 3.05) is 27.0 Å². The van der Waals surface area contributed by atoms with Gasteiger partial charge in [-0.3, -0.25) is 4.79 Å². The van der Waals surface area contributed by atoms with E-state index in [2.05, 4.69) is 10.1 Å². The summed E-state index contributed by atoms with van der Waals surface area (Å²) in [5.41, 5.74) is 1.88. The molecule has 31 heavy (non-hydrogen) atoms. The Balaban J connectivity index is 1.16. The van der Waals surface area contributed by atoms with E-state index in [-0.39, 0.29) is 18.6 Å². The molecule has 1 amide bonds. The van der Waals surface area contributed by atoms with Gasteiger partial charge in [-0.1, -0.05) is 29.4 Å². The first-order valence-electron chi connectivity index (χ1n) is 10.0. The summed E-state index contributed by atoms with van der Waals surface area (Å²) in [5, 5.41) is 4.08. The number of methoxy groups -OCH3 is 1. The van der Waals surface area contributed by atoms with Crippen molar-refractivity contribution in [3.05, 3.63) is 71.4 Å². The lowest BCUT2D eigenvalue weighted by molar-refractivity contribution is -0.130. The topological polar surface area (TPSA) is 86.9 Å². The van der Waals surface area contributed by atoms with Gasteiger partial charge in [0.1, 0.15) is 5.75 Å². The fourth-order valence-corrected chi connectivity index (χ4v) is 3.63. The average Bonchev–Trinajstić information content (AvgIpc) is 3.41. The van der Waals surface area contributed by atoms with Crippen LogP contribution in [0.5, 0.6) is 17.2 Å². The zero-order valence-corrected chi connectivity index (χ0v) is 17.0. The number of hydrogen-bond acceptors (Lipinski definition) is 7. The van der Waals surface area contributed by atoms with Gasteiger partial charge in [-0.25, -0.2) is 0 Å². The maximum Gasteiger partial charge on any atom is 0.246 e. The number of rotatable bonds is 6. The van der Waals surface area contributed by atoms with E-state index >= 15 is 0 Å². The summed E-state index contributed by atoms with van der Waals surface area (Å²) in [7, 11) is 1.64. The fourth-order valence-electron chi connectivity index (χ4n) is 3.63. The molecule has 3 heterocycles. The van der Waals surface area contributed by atoms with E-state index < -0.39 is 0 Å². The Morgan fingerprint density at radius 3 is 2.90 bits per heavy atom. The summed E-state index contributed by atoms with van der Waals surface area (Å²) < 4.78 is 21.5. The van der Waals surface area contributed by atoms with E-state index in [0.29, 0.717) is 37.0 Å². The average molecular weight is 419 g/mol. The normalized spacial score (nSPS) is 15.3. The van der Waals surface area contributed by atoms with Gasteiger partial charge in [-0.2, -0.15) is 4.98 Å². The molecule has 0 radical (unpaired) electrons. The number of likely N-dealkylation sites (tertiary alicyclic amines) is 1. The zero-order valence-electron chi connectivity index (χ0n) is 17.0. The number of benzene rings is 2. The van der Waals surface area contributed by atoms with E-state index in [0.717, 1.165) is 22.6 Å². The van der Waals surface area contributed by atoms with Crippen molar-refractivity contribution in [1.29, 1.82) is 0 Å². The Hall–Kier alpha value is -3.81. The molecule has 0 aliphatic carbocycles. The number of carbonyl (C=O) groups is 1. The minimum Gasteiger partial charge on any atom is -0.496 e. The summed E-state index contributed by atoms with van der Waals surface area (Å²) in [6, 6.07) is 13.3. The van der Waals surface area contributed by atoms with Crippen LogP contribution in [0.4, 0.5) is 0 Å². The number of nitrogens with zero attached hydrogens (tertiary/aromatic N) is 3. The fraction of sp³-hybridized carbons (Fsp3) is 0.261. The van der Waals surface area contributed by atoms with Crippen molar-refractivity contribution in [3.8, 4) is 17.2 Å². The van der Waals surface area contributed by atoms with Gasteiger partial charge in [0.2, 0.25) is 18.6 Å². The molecule has 0 atom stereocenters. The molecule has 0 saturated carbocycles. The highest BCUT2D eigenvalue weighted by molar-refractivity contribution is 5.92. The van der Waals surface area contributed by atoms with Crippen molar-refractivity contribution in [1.82, 2.24) is 15.0 Å². The molecule has 1 aromatic heterocycles. The van der Waals surface area contributed by atoms with Gasteiger partial charge < -0.3 is 23.6 Å². The number of para-hydroxylation sites is 1. The highest BCUT2D eigenvalue weighted by Gasteiger charge is 2.34. The molecule has 2 aromatic carbocycles. The van der Waals surface area contributed by atoms with Crippen LogP contribution in [0.3, 0.4) is 0 Å². The van der Waals surface area contributed by atoms with E-state index in [1.54, 1.807) is 24.2 Å². The molecule has 0 bridgehead atoms. The maximum absolute atomic E-state index is 12.4. The van der Waals surface area contributed by atoms with Crippen LogP contribution in [0, 0.1) is 0 Å². The van der Waals surface area contributed by atoms with Gasteiger partial charge in [0.25, 0.3) is 0 Å². The Labute approximate surface area is 179 Å². The molecular weight excluding hydrogens is 398 g/mol. The monoisotopic (exact) mass is 419 g/mol. The first-order chi connectivity index (χ1) is 15.2. The van der Waals surface area contributed by atoms with Crippen LogP contribution in [0.15, 0.2) is 53.1 Å². The smallest absolute Gasteiger partial charge is 0.246 e. The highest BCUT2D eigenvalue weighted by Crippen LogP contribution is 2.33. The van der Waals surface area contributed by atoms with E-state index in [9.17, 15) is 4.79 Å². The van der Waals surface area contributed by atoms with Crippen molar-refractivity contribution in [2.24, 2.45) is 0 Å².